The number of likely N-dealkylation sites (tertiary alicyclic amines) is 1. The Kier molecular flexibility index (Phi) is 4.08. The van der Waals surface area contributed by atoms with Crippen LogP contribution in [0.15, 0.2) is 12.7 Å². The molecule has 128 valence electrons. The molecule has 7 heteroatoms. The molecule has 1 atom stereocenters. The van der Waals surface area contributed by atoms with Gasteiger partial charge in [0.1, 0.15) is 18.5 Å². The monoisotopic (exact) mass is 328 g/mol. The van der Waals surface area contributed by atoms with E-state index in [2.05, 4.69) is 27.2 Å². The third-order valence-corrected chi connectivity index (χ3v) is 4.97. The Labute approximate surface area is 141 Å². The van der Waals surface area contributed by atoms with Crippen LogP contribution in [0.25, 0.3) is 11.2 Å². The van der Waals surface area contributed by atoms with Gasteiger partial charge in [-0.1, -0.05) is 13.3 Å². The predicted molar refractivity (Wildman–Crippen MR) is 91.3 cm³/mol. The maximum Gasteiger partial charge on any atom is 0.224 e. The minimum absolute atomic E-state index is 0.233. The number of nitrogens with one attached hydrogen (secondary N) is 1. The highest BCUT2D eigenvalue weighted by molar-refractivity contribution is 5.83. The number of nitrogens with zero attached hydrogens (tertiary/aromatic N) is 5. The normalized spacial score (nSPS) is 21.0. The molecule has 2 aromatic heterocycles. The average molecular weight is 328 g/mol. The van der Waals surface area contributed by atoms with Crippen molar-refractivity contribution in [3.8, 4) is 0 Å². The molecule has 3 heterocycles. The number of aromatic nitrogens is 4. The summed E-state index contributed by atoms with van der Waals surface area (Å²) in [5.74, 6) is 2.29. The topological polar surface area (TPSA) is 75.9 Å². The lowest BCUT2D eigenvalue weighted by atomic mass is 10.0. The number of hydrogen-bond acceptors (Lipinski definition) is 5. The maximum absolute atomic E-state index is 12.2. The summed E-state index contributed by atoms with van der Waals surface area (Å²) in [7, 11) is 0. The summed E-state index contributed by atoms with van der Waals surface area (Å²) < 4.78 is 1.95. The van der Waals surface area contributed by atoms with Crippen molar-refractivity contribution in [1.82, 2.24) is 24.4 Å². The molecule has 24 heavy (non-hydrogen) atoms. The van der Waals surface area contributed by atoms with Crippen LogP contribution in [0.5, 0.6) is 0 Å². The largest absolute Gasteiger partial charge is 0.368 e. The van der Waals surface area contributed by atoms with Crippen LogP contribution in [0.1, 0.15) is 39.0 Å². The van der Waals surface area contributed by atoms with Crippen molar-refractivity contribution >= 4 is 22.9 Å². The van der Waals surface area contributed by atoms with E-state index in [0.29, 0.717) is 19.0 Å². The fraction of sp³-hybridized carbons (Fsp3) is 0.647. The van der Waals surface area contributed by atoms with Crippen molar-refractivity contribution in [1.29, 1.82) is 0 Å². The second kappa shape index (κ2) is 6.37. The van der Waals surface area contributed by atoms with Gasteiger partial charge in [-0.05, 0) is 31.1 Å². The summed E-state index contributed by atoms with van der Waals surface area (Å²) in [6.45, 7) is 4.48. The van der Waals surface area contributed by atoms with Crippen LogP contribution in [-0.4, -0.2) is 43.4 Å². The molecule has 2 aliphatic rings. The van der Waals surface area contributed by atoms with E-state index in [0.717, 1.165) is 48.8 Å². The number of carbonyl (C=O) groups is 1. The molecule has 1 N–H and O–H groups in total. The minimum Gasteiger partial charge on any atom is -0.368 e. The van der Waals surface area contributed by atoms with E-state index in [9.17, 15) is 4.79 Å². The number of amides is 1. The molecule has 0 aromatic carbocycles. The first kappa shape index (κ1) is 15.4. The molecule has 7 nitrogen and oxygen atoms in total. The summed E-state index contributed by atoms with van der Waals surface area (Å²) >= 11 is 0. The third kappa shape index (κ3) is 3.07. The highest BCUT2D eigenvalue weighted by atomic mass is 16.2. The molecular weight excluding hydrogens is 304 g/mol. The van der Waals surface area contributed by atoms with Crippen molar-refractivity contribution in [3.05, 3.63) is 12.7 Å². The second-order valence-corrected chi connectivity index (χ2v) is 7.05. The van der Waals surface area contributed by atoms with Gasteiger partial charge in [-0.2, -0.15) is 0 Å². The quantitative estimate of drug-likeness (QED) is 0.843. The van der Waals surface area contributed by atoms with Crippen molar-refractivity contribution in [2.24, 2.45) is 11.8 Å². The molecule has 1 saturated heterocycles. The Morgan fingerprint density at radius 3 is 2.92 bits per heavy atom. The van der Waals surface area contributed by atoms with Gasteiger partial charge in [-0.25, -0.2) is 15.0 Å². The minimum atomic E-state index is 0.233. The van der Waals surface area contributed by atoms with E-state index in [4.69, 9.17) is 0 Å². The summed E-state index contributed by atoms with van der Waals surface area (Å²) in [5, 5.41) is 3.38. The zero-order chi connectivity index (χ0) is 16.5. The first-order valence-corrected chi connectivity index (χ1v) is 8.92. The van der Waals surface area contributed by atoms with Gasteiger partial charge in [0.25, 0.3) is 0 Å². The summed E-state index contributed by atoms with van der Waals surface area (Å²) in [5.41, 5.74) is 1.57. The molecule has 0 bridgehead atoms. The molecule has 1 saturated carbocycles. The number of anilines is 1. The molecule has 1 aliphatic heterocycles. The van der Waals surface area contributed by atoms with Crippen LogP contribution < -0.4 is 5.32 Å². The van der Waals surface area contributed by atoms with E-state index in [1.165, 1.54) is 12.8 Å². The lowest BCUT2D eigenvalue weighted by Crippen LogP contribution is -2.27. The smallest absolute Gasteiger partial charge is 0.224 e. The van der Waals surface area contributed by atoms with E-state index < -0.39 is 0 Å². The van der Waals surface area contributed by atoms with E-state index in [1.807, 2.05) is 9.47 Å². The average Bonchev–Trinajstić information content (AvgIpc) is 3.23. The van der Waals surface area contributed by atoms with Gasteiger partial charge >= 0.3 is 0 Å². The first-order chi connectivity index (χ1) is 11.7. The maximum atomic E-state index is 12.2. The zero-order valence-corrected chi connectivity index (χ0v) is 14.1. The Hall–Kier alpha value is -2.18. The Morgan fingerprint density at radius 1 is 1.25 bits per heavy atom. The van der Waals surface area contributed by atoms with Gasteiger partial charge in [0.15, 0.2) is 11.5 Å². The zero-order valence-electron chi connectivity index (χ0n) is 14.1. The van der Waals surface area contributed by atoms with Crippen molar-refractivity contribution in [3.63, 3.8) is 0 Å². The lowest BCUT2D eigenvalue weighted by molar-refractivity contribution is -0.129. The van der Waals surface area contributed by atoms with E-state index in [-0.39, 0.29) is 5.91 Å². The molecule has 4 rings (SSSR count). The van der Waals surface area contributed by atoms with Gasteiger partial charge < -0.3 is 10.2 Å². The third-order valence-electron chi connectivity index (χ3n) is 4.97. The first-order valence-electron chi connectivity index (χ1n) is 8.92. The SMILES string of the molecule is CCCC1CC(=O)N(Cn2cnc3c(NCC4CC4)ncnc32)C1. The molecule has 2 aromatic rings. The number of carbonyl (C=O) groups excluding carboxylic acids is 1. The summed E-state index contributed by atoms with van der Waals surface area (Å²) in [6.07, 6.45) is 8.85. The highest BCUT2D eigenvalue weighted by Gasteiger charge is 2.29. The van der Waals surface area contributed by atoms with Crippen LogP contribution in [-0.2, 0) is 11.5 Å². The molecule has 1 amide bonds. The van der Waals surface area contributed by atoms with Gasteiger partial charge in [0, 0.05) is 19.5 Å². The fourth-order valence-corrected chi connectivity index (χ4v) is 3.45. The van der Waals surface area contributed by atoms with Crippen molar-refractivity contribution in [2.45, 2.75) is 45.7 Å². The second-order valence-electron chi connectivity index (χ2n) is 7.05. The molecule has 2 fully saturated rings. The Balaban J connectivity index is 1.50. The van der Waals surface area contributed by atoms with Gasteiger partial charge in [-0.3, -0.25) is 9.36 Å². The fourth-order valence-electron chi connectivity index (χ4n) is 3.45. The summed E-state index contributed by atoms with van der Waals surface area (Å²) in [6, 6.07) is 0. The van der Waals surface area contributed by atoms with Crippen LogP contribution >= 0.6 is 0 Å². The number of fused-ring (bicyclic) bond motifs is 1. The van der Waals surface area contributed by atoms with E-state index >= 15 is 0 Å². The molecule has 1 unspecified atom stereocenters. The van der Waals surface area contributed by atoms with Gasteiger partial charge in [0.05, 0.1) is 6.33 Å². The Bertz CT molecular complexity index is 738. The van der Waals surface area contributed by atoms with Crippen LogP contribution in [0, 0.1) is 11.8 Å². The van der Waals surface area contributed by atoms with Crippen molar-refractivity contribution < 1.29 is 4.79 Å². The summed E-state index contributed by atoms with van der Waals surface area (Å²) in [4.78, 5) is 27.3. The molecule has 1 aliphatic carbocycles. The van der Waals surface area contributed by atoms with Crippen LogP contribution in [0.3, 0.4) is 0 Å². The predicted octanol–water partition coefficient (Wildman–Crippen LogP) is 2.25. The van der Waals surface area contributed by atoms with Crippen LogP contribution in [0.2, 0.25) is 0 Å². The van der Waals surface area contributed by atoms with Crippen molar-refractivity contribution in [2.75, 3.05) is 18.4 Å². The van der Waals surface area contributed by atoms with Gasteiger partial charge in [-0.15, -0.1) is 0 Å². The number of imidazole rings is 1. The Morgan fingerprint density at radius 2 is 2.12 bits per heavy atom. The van der Waals surface area contributed by atoms with E-state index in [1.54, 1.807) is 12.7 Å². The highest BCUT2D eigenvalue weighted by Crippen LogP contribution is 2.29. The molecule has 0 radical (unpaired) electrons. The van der Waals surface area contributed by atoms with Crippen LogP contribution in [0.4, 0.5) is 5.82 Å². The number of hydrogen-bond donors (Lipinski definition) is 1. The van der Waals surface area contributed by atoms with Gasteiger partial charge in [0.2, 0.25) is 5.91 Å². The standard InChI is InChI=1S/C17H24N6O/c1-2-3-13-6-14(24)22(8-13)11-23-10-21-15-16(18-7-12-4-5-12)19-9-20-17(15)23/h9-10,12-13H,2-8,11H2,1H3,(H,18,19,20). The molecule has 0 spiro atoms. The molecular formula is C17H24N6O. The lowest BCUT2D eigenvalue weighted by Gasteiger charge is -2.17. The number of rotatable bonds is 7.